The van der Waals surface area contributed by atoms with Crippen molar-refractivity contribution < 1.29 is 14.7 Å². The molecule has 0 bridgehead atoms. The van der Waals surface area contributed by atoms with Crippen molar-refractivity contribution in [3.63, 3.8) is 0 Å². The maximum Gasteiger partial charge on any atom is 0.245 e. The third kappa shape index (κ3) is 9.79. The van der Waals surface area contributed by atoms with Gasteiger partial charge in [-0.1, -0.05) is 30.3 Å². The Hall–Kier alpha value is -4.28. The second kappa shape index (κ2) is 14.8. The van der Waals surface area contributed by atoms with Gasteiger partial charge < -0.3 is 37.0 Å². The molecule has 0 saturated carbocycles. The molecule has 2 aromatic carbocycles. The molecular weight excluding hydrogens is 508 g/mol. The van der Waals surface area contributed by atoms with Gasteiger partial charge in [-0.05, 0) is 61.6 Å². The van der Waals surface area contributed by atoms with Crippen LogP contribution in [0.25, 0.3) is 0 Å². The van der Waals surface area contributed by atoms with Crippen LogP contribution in [-0.2, 0) is 22.4 Å². The first-order valence-corrected chi connectivity index (χ1v) is 13.2. The summed E-state index contributed by atoms with van der Waals surface area (Å²) in [7, 11) is 7.40. The minimum Gasteiger partial charge on any atom is -0.508 e. The molecule has 0 spiro atoms. The Bertz CT molecular complexity index is 1170. The topological polar surface area (TPSA) is 162 Å². The molecule has 11 heteroatoms. The van der Waals surface area contributed by atoms with Crippen LogP contribution >= 0.6 is 0 Å². The van der Waals surface area contributed by atoms with Gasteiger partial charge >= 0.3 is 0 Å². The average Bonchev–Trinajstić information content (AvgIpc) is 2.85. The fraction of sp³-hybridized carbons (Fsp3) is 0.448. The van der Waals surface area contributed by atoms with E-state index in [1.165, 1.54) is 0 Å². The van der Waals surface area contributed by atoms with E-state index in [0.717, 1.165) is 22.3 Å². The number of carbonyl (C=O) groups excluding carboxylic acids is 2. The van der Waals surface area contributed by atoms with Gasteiger partial charge in [0.1, 0.15) is 17.8 Å². The summed E-state index contributed by atoms with van der Waals surface area (Å²) in [5.74, 6) is -0.0396. The van der Waals surface area contributed by atoms with Crippen molar-refractivity contribution in [2.75, 3.05) is 34.7 Å². The van der Waals surface area contributed by atoms with E-state index in [1.807, 2.05) is 82.2 Å². The maximum absolute atomic E-state index is 13.5. The first-order chi connectivity index (χ1) is 18.8. The van der Waals surface area contributed by atoms with E-state index < -0.39 is 12.1 Å². The quantitative estimate of drug-likeness (QED) is 0.204. The van der Waals surface area contributed by atoms with Crippen molar-refractivity contribution in [2.24, 2.45) is 21.5 Å². The van der Waals surface area contributed by atoms with Crippen LogP contribution in [0.5, 0.6) is 5.75 Å². The number of hydrogen-bond donors (Lipinski definition) is 5. The van der Waals surface area contributed by atoms with Crippen molar-refractivity contribution in [3.8, 4) is 5.75 Å². The Balaban J connectivity index is 2.19. The predicted molar refractivity (Wildman–Crippen MR) is 160 cm³/mol. The fourth-order valence-corrected chi connectivity index (χ4v) is 4.46. The number of phenolic OH excluding ortho intramolecular Hbond substituents is 1. The van der Waals surface area contributed by atoms with Crippen LogP contribution in [0, 0.1) is 13.8 Å². The molecule has 3 atom stereocenters. The van der Waals surface area contributed by atoms with Crippen molar-refractivity contribution >= 4 is 23.7 Å². The molecule has 40 heavy (non-hydrogen) atoms. The van der Waals surface area contributed by atoms with Crippen LogP contribution in [0.2, 0.25) is 0 Å². The van der Waals surface area contributed by atoms with Crippen molar-refractivity contribution in [1.29, 1.82) is 0 Å². The highest BCUT2D eigenvalue weighted by Gasteiger charge is 2.26. The van der Waals surface area contributed by atoms with Gasteiger partial charge in [0.15, 0.2) is 11.9 Å². The molecular formula is C29H44N8O3. The van der Waals surface area contributed by atoms with Crippen LogP contribution < -0.4 is 22.1 Å². The zero-order chi connectivity index (χ0) is 30.0. The Morgan fingerprint density at radius 2 is 1.50 bits per heavy atom. The fourth-order valence-electron chi connectivity index (χ4n) is 4.46. The number of nitrogens with two attached hydrogens (primary N) is 2. The minimum atomic E-state index is -0.828. The third-order valence-corrected chi connectivity index (χ3v) is 6.36. The summed E-state index contributed by atoms with van der Waals surface area (Å²) >= 11 is 0. The third-order valence-electron chi connectivity index (χ3n) is 6.36. The molecule has 0 aromatic heterocycles. The van der Waals surface area contributed by atoms with Gasteiger partial charge in [-0.3, -0.25) is 9.59 Å². The van der Waals surface area contributed by atoms with E-state index in [0.29, 0.717) is 18.8 Å². The summed E-state index contributed by atoms with van der Waals surface area (Å²) in [6, 6.07) is 11.0. The summed E-state index contributed by atoms with van der Waals surface area (Å²) < 4.78 is 0. The van der Waals surface area contributed by atoms with E-state index >= 15 is 0 Å². The van der Waals surface area contributed by atoms with E-state index in [4.69, 9.17) is 16.5 Å². The molecule has 0 saturated heterocycles. The highest BCUT2D eigenvalue weighted by atomic mass is 16.3. The van der Waals surface area contributed by atoms with E-state index in [9.17, 15) is 14.7 Å². The highest BCUT2D eigenvalue weighted by Crippen LogP contribution is 2.23. The standard InChI is InChI=1S/C29H44N8O3/c1-18-13-23(38)14-19(2)24(18)16-25(35-29(36(4)5)37(6)7)27(40)33-20(3)26(39)32-17-22(34-28(30)31)15-21-11-9-8-10-12-21/h8-14,20,22,25,38H,15-17H2,1-7H3,(H,32,39)(H,33,40)(H4,30,31,34). The lowest BCUT2D eigenvalue weighted by atomic mass is 9.95. The number of phenols is 1. The molecule has 0 aliphatic heterocycles. The average molecular weight is 553 g/mol. The number of nitrogens with zero attached hydrogens (tertiary/aromatic N) is 4. The Kier molecular flexibility index (Phi) is 11.8. The Labute approximate surface area is 237 Å². The second-order valence-corrected chi connectivity index (χ2v) is 10.4. The Morgan fingerprint density at radius 1 is 0.925 bits per heavy atom. The number of amides is 2. The number of aryl methyl sites for hydroxylation is 2. The van der Waals surface area contributed by atoms with Crippen molar-refractivity contribution in [1.82, 2.24) is 20.4 Å². The SMILES string of the molecule is Cc1cc(O)cc(C)c1CC(N=C(N(C)C)N(C)C)C(=O)NC(C)C(=O)NCC(Cc1ccccc1)N=C(N)N. The molecule has 0 aliphatic carbocycles. The van der Waals surface area contributed by atoms with Gasteiger partial charge in [0, 0.05) is 41.2 Å². The van der Waals surface area contributed by atoms with E-state index in [1.54, 1.807) is 19.1 Å². The lowest BCUT2D eigenvalue weighted by molar-refractivity contribution is -0.129. The molecule has 11 nitrogen and oxygen atoms in total. The summed E-state index contributed by atoms with van der Waals surface area (Å²) in [6.07, 6.45) is 0.840. The number of guanidine groups is 2. The zero-order valence-corrected chi connectivity index (χ0v) is 24.6. The second-order valence-electron chi connectivity index (χ2n) is 10.4. The van der Waals surface area contributed by atoms with Crippen LogP contribution in [0.15, 0.2) is 52.4 Å². The van der Waals surface area contributed by atoms with Gasteiger partial charge in [0.25, 0.3) is 0 Å². The summed E-state index contributed by atoms with van der Waals surface area (Å²) in [4.78, 5) is 39.1. The molecule has 0 fully saturated rings. The predicted octanol–water partition coefficient (Wildman–Crippen LogP) is 0.905. The van der Waals surface area contributed by atoms with E-state index in [2.05, 4.69) is 15.6 Å². The molecule has 0 radical (unpaired) electrons. The molecule has 3 unspecified atom stereocenters. The summed E-state index contributed by atoms with van der Waals surface area (Å²) in [5, 5.41) is 15.6. The number of carbonyl (C=O) groups is 2. The van der Waals surface area contributed by atoms with Gasteiger partial charge in [-0.2, -0.15) is 0 Å². The van der Waals surface area contributed by atoms with Crippen LogP contribution in [0.1, 0.15) is 29.2 Å². The zero-order valence-electron chi connectivity index (χ0n) is 24.6. The largest absolute Gasteiger partial charge is 0.508 e. The minimum absolute atomic E-state index is 0.0605. The molecule has 7 N–H and O–H groups in total. The maximum atomic E-state index is 13.5. The highest BCUT2D eigenvalue weighted by molar-refractivity contribution is 5.91. The first kappa shape index (κ1) is 31.9. The van der Waals surface area contributed by atoms with Crippen LogP contribution in [0.3, 0.4) is 0 Å². The first-order valence-electron chi connectivity index (χ1n) is 13.2. The van der Waals surface area contributed by atoms with Crippen molar-refractivity contribution in [3.05, 3.63) is 64.7 Å². The summed E-state index contributed by atoms with van der Waals surface area (Å²) in [5.41, 5.74) is 14.9. The van der Waals surface area contributed by atoms with E-state index in [-0.39, 0.29) is 36.1 Å². The van der Waals surface area contributed by atoms with Gasteiger partial charge in [0.05, 0.1) is 6.04 Å². The number of benzene rings is 2. The van der Waals surface area contributed by atoms with Gasteiger partial charge in [0.2, 0.25) is 11.8 Å². The van der Waals surface area contributed by atoms with Gasteiger partial charge in [-0.15, -0.1) is 0 Å². The van der Waals surface area contributed by atoms with Crippen LogP contribution in [0.4, 0.5) is 0 Å². The van der Waals surface area contributed by atoms with Crippen LogP contribution in [-0.4, -0.2) is 91.5 Å². The molecule has 0 heterocycles. The molecule has 2 amide bonds. The number of hydrogen-bond acceptors (Lipinski definition) is 5. The van der Waals surface area contributed by atoms with Crippen molar-refractivity contribution in [2.45, 2.75) is 51.7 Å². The number of aromatic hydroxyl groups is 1. The lowest BCUT2D eigenvalue weighted by Crippen LogP contribution is -2.50. The normalized spacial score (nSPS) is 12.9. The molecule has 2 rings (SSSR count). The monoisotopic (exact) mass is 552 g/mol. The molecule has 218 valence electrons. The lowest BCUT2D eigenvalue weighted by Gasteiger charge is -2.26. The smallest absolute Gasteiger partial charge is 0.245 e. The summed E-state index contributed by atoms with van der Waals surface area (Å²) in [6.45, 7) is 5.59. The number of rotatable bonds is 11. The Morgan fingerprint density at radius 3 is 2.02 bits per heavy atom. The molecule has 0 aliphatic rings. The number of nitrogens with one attached hydrogen (secondary N) is 2. The van der Waals surface area contributed by atoms with Gasteiger partial charge in [-0.25, -0.2) is 9.98 Å². The number of aliphatic imine (C=N–C) groups is 2. The molecule has 2 aromatic rings.